The van der Waals surface area contributed by atoms with Gasteiger partial charge in [-0.2, -0.15) is 0 Å². The Morgan fingerprint density at radius 3 is 2.44 bits per heavy atom. The van der Waals surface area contributed by atoms with Crippen LogP contribution in [0.4, 0.5) is 20.6 Å². The third-order valence-corrected chi connectivity index (χ3v) is 4.17. The number of hydrogen-bond donors (Lipinski definition) is 1. The fourth-order valence-corrected chi connectivity index (χ4v) is 2.88. The fourth-order valence-electron chi connectivity index (χ4n) is 2.88. The van der Waals surface area contributed by atoms with Gasteiger partial charge >= 0.3 is 6.03 Å². The lowest BCUT2D eigenvalue weighted by molar-refractivity contribution is 0.208. The highest BCUT2D eigenvalue weighted by atomic mass is 19.1. The molecule has 3 rings (SSSR count). The van der Waals surface area contributed by atoms with E-state index in [9.17, 15) is 9.18 Å². The molecule has 0 bridgehead atoms. The summed E-state index contributed by atoms with van der Waals surface area (Å²) in [6, 6.07) is 13.6. The van der Waals surface area contributed by atoms with Crippen LogP contribution in [0.15, 0.2) is 48.5 Å². The van der Waals surface area contributed by atoms with Crippen LogP contribution in [0.1, 0.15) is 6.92 Å². The maximum absolute atomic E-state index is 12.9. The number of carbonyl (C=O) groups excluding carboxylic acids is 1. The molecule has 132 valence electrons. The molecule has 0 aliphatic carbocycles. The zero-order chi connectivity index (χ0) is 17.6. The molecule has 1 saturated heterocycles. The van der Waals surface area contributed by atoms with Crippen molar-refractivity contribution in [3.05, 3.63) is 54.3 Å². The van der Waals surface area contributed by atoms with E-state index in [1.807, 2.05) is 31.2 Å². The standard InChI is InChI=1S/C19H22FN3O2/c1-2-25-18-6-4-3-5-17(18)22-11-13-23(14-12-22)19(24)21-16-9-7-15(20)8-10-16/h3-10H,2,11-14H2,1H3,(H,21,24). The molecule has 1 aliphatic heterocycles. The normalized spacial score (nSPS) is 14.3. The number of nitrogens with zero attached hydrogens (tertiary/aromatic N) is 2. The van der Waals surface area contributed by atoms with Gasteiger partial charge in [-0.25, -0.2) is 9.18 Å². The smallest absolute Gasteiger partial charge is 0.321 e. The highest BCUT2D eigenvalue weighted by molar-refractivity contribution is 5.89. The van der Waals surface area contributed by atoms with Crippen LogP contribution in [-0.4, -0.2) is 43.7 Å². The number of carbonyl (C=O) groups is 1. The van der Waals surface area contributed by atoms with Gasteiger partial charge in [0, 0.05) is 31.9 Å². The summed E-state index contributed by atoms with van der Waals surface area (Å²) in [5.74, 6) is 0.550. The first-order valence-corrected chi connectivity index (χ1v) is 8.45. The topological polar surface area (TPSA) is 44.8 Å². The molecule has 2 aromatic carbocycles. The van der Waals surface area contributed by atoms with Gasteiger partial charge in [-0.05, 0) is 43.3 Å². The first kappa shape index (κ1) is 17.1. The molecule has 1 heterocycles. The molecule has 2 amide bonds. The second-order valence-electron chi connectivity index (χ2n) is 5.81. The third kappa shape index (κ3) is 4.21. The Kier molecular flexibility index (Phi) is 5.38. The average molecular weight is 343 g/mol. The van der Waals surface area contributed by atoms with Gasteiger partial charge < -0.3 is 19.9 Å². The van der Waals surface area contributed by atoms with Crippen molar-refractivity contribution in [3.63, 3.8) is 0 Å². The van der Waals surface area contributed by atoms with E-state index in [0.29, 0.717) is 25.4 Å². The molecular formula is C19H22FN3O2. The first-order chi connectivity index (χ1) is 12.2. The Hall–Kier alpha value is -2.76. The van der Waals surface area contributed by atoms with Gasteiger partial charge in [-0.15, -0.1) is 0 Å². The van der Waals surface area contributed by atoms with Crippen molar-refractivity contribution in [2.24, 2.45) is 0 Å². The highest BCUT2D eigenvalue weighted by Gasteiger charge is 2.23. The van der Waals surface area contributed by atoms with Crippen molar-refractivity contribution in [1.29, 1.82) is 0 Å². The van der Waals surface area contributed by atoms with Crippen molar-refractivity contribution in [2.45, 2.75) is 6.92 Å². The van der Waals surface area contributed by atoms with Gasteiger partial charge in [0.05, 0.1) is 12.3 Å². The lowest BCUT2D eigenvalue weighted by Gasteiger charge is -2.36. The molecule has 6 heteroatoms. The van der Waals surface area contributed by atoms with Crippen LogP contribution in [0.3, 0.4) is 0 Å². The number of ether oxygens (including phenoxy) is 1. The van der Waals surface area contributed by atoms with Crippen LogP contribution in [0, 0.1) is 5.82 Å². The Labute approximate surface area is 147 Å². The average Bonchev–Trinajstić information content (AvgIpc) is 2.64. The number of nitrogens with one attached hydrogen (secondary N) is 1. The van der Waals surface area contributed by atoms with Gasteiger partial charge in [0.15, 0.2) is 0 Å². The highest BCUT2D eigenvalue weighted by Crippen LogP contribution is 2.28. The quantitative estimate of drug-likeness (QED) is 0.923. The maximum atomic E-state index is 12.9. The minimum atomic E-state index is -0.320. The van der Waals surface area contributed by atoms with Crippen molar-refractivity contribution >= 4 is 17.4 Å². The molecule has 5 nitrogen and oxygen atoms in total. The zero-order valence-electron chi connectivity index (χ0n) is 14.2. The molecule has 0 unspecified atom stereocenters. The SMILES string of the molecule is CCOc1ccccc1N1CCN(C(=O)Nc2ccc(F)cc2)CC1. The minimum absolute atomic E-state index is 0.163. The Bertz CT molecular complexity index is 713. The first-order valence-electron chi connectivity index (χ1n) is 8.45. The fraction of sp³-hybridized carbons (Fsp3) is 0.316. The van der Waals surface area contributed by atoms with Crippen molar-refractivity contribution < 1.29 is 13.9 Å². The van der Waals surface area contributed by atoms with Crippen LogP contribution in [0.25, 0.3) is 0 Å². The number of anilines is 2. The van der Waals surface area contributed by atoms with E-state index in [1.165, 1.54) is 12.1 Å². The summed E-state index contributed by atoms with van der Waals surface area (Å²) >= 11 is 0. The summed E-state index contributed by atoms with van der Waals surface area (Å²) < 4.78 is 18.6. The van der Waals surface area contributed by atoms with Gasteiger partial charge in [0.25, 0.3) is 0 Å². The number of urea groups is 1. The molecule has 1 aliphatic rings. The number of hydrogen-bond acceptors (Lipinski definition) is 3. The Balaban J connectivity index is 1.58. The maximum Gasteiger partial charge on any atom is 0.321 e. The molecule has 0 atom stereocenters. The molecule has 25 heavy (non-hydrogen) atoms. The van der Waals surface area contributed by atoms with Gasteiger partial charge in [0.1, 0.15) is 11.6 Å². The van der Waals surface area contributed by atoms with E-state index in [2.05, 4.69) is 10.2 Å². The largest absolute Gasteiger partial charge is 0.492 e. The molecule has 1 N–H and O–H groups in total. The van der Waals surface area contributed by atoms with Gasteiger partial charge in [-0.3, -0.25) is 0 Å². The summed E-state index contributed by atoms with van der Waals surface area (Å²) in [7, 11) is 0. The molecule has 0 spiro atoms. The molecule has 1 fully saturated rings. The minimum Gasteiger partial charge on any atom is -0.492 e. The molecule has 0 radical (unpaired) electrons. The van der Waals surface area contributed by atoms with Gasteiger partial charge in [-0.1, -0.05) is 12.1 Å². The Morgan fingerprint density at radius 1 is 1.08 bits per heavy atom. The number of para-hydroxylation sites is 2. The number of amides is 2. The second kappa shape index (κ2) is 7.88. The lowest BCUT2D eigenvalue weighted by Crippen LogP contribution is -2.50. The summed E-state index contributed by atoms with van der Waals surface area (Å²) in [6.07, 6.45) is 0. The monoisotopic (exact) mass is 343 g/mol. The predicted molar refractivity (Wildman–Crippen MR) is 96.8 cm³/mol. The molecule has 2 aromatic rings. The van der Waals surface area contributed by atoms with Crippen molar-refractivity contribution in [1.82, 2.24) is 4.90 Å². The summed E-state index contributed by atoms with van der Waals surface area (Å²) in [5.41, 5.74) is 1.65. The van der Waals surface area contributed by atoms with E-state index >= 15 is 0 Å². The van der Waals surface area contributed by atoms with Crippen molar-refractivity contribution in [2.75, 3.05) is 43.0 Å². The summed E-state index contributed by atoms with van der Waals surface area (Å²) in [5, 5.41) is 2.80. The van der Waals surface area contributed by atoms with Crippen LogP contribution in [0.5, 0.6) is 5.75 Å². The lowest BCUT2D eigenvalue weighted by atomic mass is 10.2. The summed E-state index contributed by atoms with van der Waals surface area (Å²) in [6.45, 7) is 5.30. The number of benzene rings is 2. The number of piperazine rings is 1. The van der Waals surface area contributed by atoms with E-state index < -0.39 is 0 Å². The van der Waals surface area contributed by atoms with Crippen LogP contribution < -0.4 is 15.0 Å². The van der Waals surface area contributed by atoms with Crippen LogP contribution in [0.2, 0.25) is 0 Å². The van der Waals surface area contributed by atoms with E-state index in [0.717, 1.165) is 24.5 Å². The predicted octanol–water partition coefficient (Wildman–Crippen LogP) is 3.58. The van der Waals surface area contributed by atoms with E-state index in [4.69, 9.17) is 4.74 Å². The zero-order valence-corrected chi connectivity index (χ0v) is 14.2. The van der Waals surface area contributed by atoms with E-state index in [1.54, 1.807) is 17.0 Å². The van der Waals surface area contributed by atoms with Gasteiger partial charge in [0.2, 0.25) is 0 Å². The molecule has 0 aromatic heterocycles. The van der Waals surface area contributed by atoms with Crippen LogP contribution >= 0.6 is 0 Å². The number of rotatable bonds is 4. The number of halogens is 1. The van der Waals surface area contributed by atoms with Crippen LogP contribution in [-0.2, 0) is 0 Å². The second-order valence-corrected chi connectivity index (χ2v) is 5.81. The van der Waals surface area contributed by atoms with E-state index in [-0.39, 0.29) is 11.8 Å². The van der Waals surface area contributed by atoms with Crippen molar-refractivity contribution in [3.8, 4) is 5.75 Å². The molecular weight excluding hydrogens is 321 g/mol. The third-order valence-electron chi connectivity index (χ3n) is 4.17. The molecule has 0 saturated carbocycles. The summed E-state index contributed by atoms with van der Waals surface area (Å²) in [4.78, 5) is 16.3. The Morgan fingerprint density at radius 2 is 1.76 bits per heavy atom.